The van der Waals surface area contributed by atoms with Crippen molar-refractivity contribution in [3.63, 3.8) is 0 Å². The van der Waals surface area contributed by atoms with Gasteiger partial charge in [0.15, 0.2) is 5.82 Å². The van der Waals surface area contributed by atoms with E-state index in [9.17, 15) is 4.39 Å². The predicted octanol–water partition coefficient (Wildman–Crippen LogP) is 1.39. The standard InChI is InChI=1S/C5H4BrFN2O/c1-10-5-8-2-3(7)4(6)9-5/h2H,1H3. The molecule has 3 nitrogen and oxygen atoms in total. The Morgan fingerprint density at radius 2 is 2.40 bits per heavy atom. The highest BCUT2D eigenvalue weighted by atomic mass is 79.9. The molecule has 5 heteroatoms. The number of hydrogen-bond acceptors (Lipinski definition) is 3. The first-order valence-electron chi connectivity index (χ1n) is 2.46. The SMILES string of the molecule is COc1ncc(F)c(Br)n1. The molecule has 1 aromatic rings. The lowest BCUT2D eigenvalue weighted by Crippen LogP contribution is -1.93. The molecule has 54 valence electrons. The van der Waals surface area contributed by atoms with Crippen LogP contribution >= 0.6 is 15.9 Å². The van der Waals surface area contributed by atoms with Gasteiger partial charge < -0.3 is 4.74 Å². The minimum Gasteiger partial charge on any atom is -0.467 e. The van der Waals surface area contributed by atoms with Gasteiger partial charge in [-0.05, 0) is 15.9 Å². The maximum absolute atomic E-state index is 12.4. The van der Waals surface area contributed by atoms with Crippen LogP contribution in [-0.2, 0) is 0 Å². The fourth-order valence-electron chi connectivity index (χ4n) is 0.430. The fraction of sp³-hybridized carbons (Fsp3) is 0.200. The van der Waals surface area contributed by atoms with E-state index in [2.05, 4.69) is 30.6 Å². The van der Waals surface area contributed by atoms with E-state index in [0.29, 0.717) is 0 Å². The van der Waals surface area contributed by atoms with Gasteiger partial charge in [0.1, 0.15) is 4.60 Å². The van der Waals surface area contributed by atoms with E-state index < -0.39 is 5.82 Å². The van der Waals surface area contributed by atoms with Crippen LogP contribution in [0.2, 0.25) is 0 Å². The van der Waals surface area contributed by atoms with E-state index in [-0.39, 0.29) is 10.6 Å². The van der Waals surface area contributed by atoms with Crippen LogP contribution in [0.4, 0.5) is 4.39 Å². The Morgan fingerprint density at radius 3 is 2.90 bits per heavy atom. The molecule has 1 rings (SSSR count). The molecule has 0 bridgehead atoms. The Hall–Kier alpha value is -0.710. The molecule has 0 unspecified atom stereocenters. The molecule has 0 aliphatic rings. The fourth-order valence-corrected chi connectivity index (χ4v) is 0.684. The lowest BCUT2D eigenvalue weighted by Gasteiger charge is -1.96. The monoisotopic (exact) mass is 206 g/mol. The highest BCUT2D eigenvalue weighted by molar-refractivity contribution is 9.10. The molecule has 0 aliphatic heterocycles. The lowest BCUT2D eigenvalue weighted by atomic mass is 10.6. The van der Waals surface area contributed by atoms with Crippen molar-refractivity contribution in [1.29, 1.82) is 0 Å². The number of nitrogens with zero attached hydrogens (tertiary/aromatic N) is 2. The molecular formula is C5H4BrFN2O. The number of ether oxygens (including phenoxy) is 1. The van der Waals surface area contributed by atoms with Gasteiger partial charge in [0, 0.05) is 0 Å². The zero-order valence-corrected chi connectivity index (χ0v) is 6.72. The van der Waals surface area contributed by atoms with E-state index >= 15 is 0 Å². The summed E-state index contributed by atoms with van der Waals surface area (Å²) in [6.45, 7) is 0. The van der Waals surface area contributed by atoms with Crippen molar-refractivity contribution < 1.29 is 9.13 Å². The molecule has 0 saturated carbocycles. The summed E-state index contributed by atoms with van der Waals surface area (Å²) in [6, 6.07) is 0.147. The molecular weight excluding hydrogens is 203 g/mol. The molecule has 0 aliphatic carbocycles. The van der Waals surface area contributed by atoms with Crippen molar-refractivity contribution in [2.45, 2.75) is 0 Å². The van der Waals surface area contributed by atoms with E-state index in [0.717, 1.165) is 6.20 Å². The van der Waals surface area contributed by atoms with Crippen molar-refractivity contribution in [3.05, 3.63) is 16.6 Å². The molecule has 10 heavy (non-hydrogen) atoms. The molecule has 0 aromatic carbocycles. The Balaban J connectivity index is 3.04. The first kappa shape index (κ1) is 7.40. The second-order valence-electron chi connectivity index (χ2n) is 1.50. The normalized spacial score (nSPS) is 9.50. The molecule has 0 atom stereocenters. The summed E-state index contributed by atoms with van der Waals surface area (Å²) in [5.41, 5.74) is 0. The minimum atomic E-state index is -0.499. The van der Waals surface area contributed by atoms with Gasteiger partial charge in [-0.3, -0.25) is 0 Å². The summed E-state index contributed by atoms with van der Waals surface area (Å²) in [5.74, 6) is -0.499. The smallest absolute Gasteiger partial charge is 0.317 e. The van der Waals surface area contributed by atoms with Crippen molar-refractivity contribution in [3.8, 4) is 6.01 Å². The molecule has 0 fully saturated rings. The van der Waals surface area contributed by atoms with Crippen LogP contribution in [0.15, 0.2) is 10.8 Å². The average Bonchev–Trinajstić information content (AvgIpc) is 1.95. The quantitative estimate of drug-likeness (QED) is 0.652. The molecule has 1 aromatic heterocycles. The van der Waals surface area contributed by atoms with E-state index in [1.807, 2.05) is 0 Å². The zero-order valence-electron chi connectivity index (χ0n) is 5.14. The van der Waals surface area contributed by atoms with E-state index in [1.165, 1.54) is 7.11 Å². The first-order valence-corrected chi connectivity index (χ1v) is 3.25. The molecule has 0 radical (unpaired) electrons. The Labute approximate surface area is 65.4 Å². The van der Waals surface area contributed by atoms with Crippen LogP contribution in [0.3, 0.4) is 0 Å². The van der Waals surface area contributed by atoms with Crippen molar-refractivity contribution in [2.24, 2.45) is 0 Å². The van der Waals surface area contributed by atoms with Gasteiger partial charge in [0.05, 0.1) is 13.3 Å². The van der Waals surface area contributed by atoms with Crippen LogP contribution in [0.1, 0.15) is 0 Å². The third-order valence-corrected chi connectivity index (χ3v) is 1.42. The minimum absolute atomic E-state index is 0.111. The molecule has 1 heterocycles. The molecule has 0 amide bonds. The summed E-state index contributed by atoms with van der Waals surface area (Å²) in [7, 11) is 1.42. The molecule has 0 spiro atoms. The van der Waals surface area contributed by atoms with Gasteiger partial charge in [0.25, 0.3) is 0 Å². The number of aromatic nitrogens is 2. The van der Waals surface area contributed by atoms with Crippen LogP contribution in [0.25, 0.3) is 0 Å². The maximum atomic E-state index is 12.4. The maximum Gasteiger partial charge on any atom is 0.317 e. The number of methoxy groups -OCH3 is 1. The second kappa shape index (κ2) is 2.92. The van der Waals surface area contributed by atoms with Crippen LogP contribution < -0.4 is 4.74 Å². The topological polar surface area (TPSA) is 35.0 Å². The highest BCUT2D eigenvalue weighted by Gasteiger charge is 2.01. The first-order chi connectivity index (χ1) is 4.74. The Bertz CT molecular complexity index is 243. The third-order valence-electron chi connectivity index (χ3n) is 0.862. The summed E-state index contributed by atoms with van der Waals surface area (Å²) in [4.78, 5) is 7.12. The van der Waals surface area contributed by atoms with Gasteiger partial charge in [0.2, 0.25) is 0 Å². The predicted molar refractivity (Wildman–Crippen MR) is 36.2 cm³/mol. The van der Waals surface area contributed by atoms with Crippen LogP contribution in [0, 0.1) is 5.82 Å². The van der Waals surface area contributed by atoms with Crippen molar-refractivity contribution in [2.75, 3.05) is 7.11 Å². The summed E-state index contributed by atoms with van der Waals surface area (Å²) < 4.78 is 17.1. The van der Waals surface area contributed by atoms with E-state index in [1.54, 1.807) is 0 Å². The Kier molecular flexibility index (Phi) is 2.16. The highest BCUT2D eigenvalue weighted by Crippen LogP contribution is 2.12. The number of halogens is 2. The summed E-state index contributed by atoms with van der Waals surface area (Å²) >= 11 is 2.88. The largest absolute Gasteiger partial charge is 0.467 e. The number of hydrogen-bond donors (Lipinski definition) is 0. The van der Waals surface area contributed by atoms with Gasteiger partial charge in [-0.2, -0.15) is 4.98 Å². The third kappa shape index (κ3) is 1.41. The lowest BCUT2D eigenvalue weighted by molar-refractivity contribution is 0.375. The molecule has 0 saturated heterocycles. The zero-order chi connectivity index (χ0) is 7.56. The van der Waals surface area contributed by atoms with Gasteiger partial charge in [-0.15, -0.1) is 0 Å². The second-order valence-corrected chi connectivity index (χ2v) is 2.25. The van der Waals surface area contributed by atoms with E-state index in [4.69, 9.17) is 0 Å². The number of rotatable bonds is 1. The van der Waals surface area contributed by atoms with Crippen LogP contribution in [-0.4, -0.2) is 17.1 Å². The summed E-state index contributed by atoms with van der Waals surface area (Å²) in [6.07, 6.45) is 1.04. The van der Waals surface area contributed by atoms with Crippen LogP contribution in [0.5, 0.6) is 6.01 Å². The van der Waals surface area contributed by atoms with Gasteiger partial charge in [-0.25, -0.2) is 9.37 Å². The van der Waals surface area contributed by atoms with Crippen molar-refractivity contribution >= 4 is 15.9 Å². The molecule has 0 N–H and O–H groups in total. The average molecular weight is 207 g/mol. The van der Waals surface area contributed by atoms with Gasteiger partial charge >= 0.3 is 6.01 Å². The Morgan fingerprint density at radius 1 is 1.70 bits per heavy atom. The summed E-state index contributed by atoms with van der Waals surface area (Å²) in [5, 5.41) is 0. The van der Waals surface area contributed by atoms with Crippen molar-refractivity contribution in [1.82, 2.24) is 9.97 Å². The van der Waals surface area contributed by atoms with Gasteiger partial charge in [-0.1, -0.05) is 0 Å².